The lowest BCUT2D eigenvalue weighted by Gasteiger charge is -2.29. The Kier molecular flexibility index (Phi) is 14.2. The van der Waals surface area contributed by atoms with Crippen molar-refractivity contribution in [3.8, 4) is 0 Å². The molecule has 0 saturated carbocycles. The Morgan fingerprint density at radius 1 is 0.743 bits per heavy atom. The first-order chi connectivity index (χ1) is 16.2. The van der Waals surface area contributed by atoms with Crippen LogP contribution in [0.1, 0.15) is 66.2 Å². The van der Waals surface area contributed by atoms with E-state index < -0.39 is 72.1 Å². The minimum Gasteiger partial charge on any atom is -0.481 e. The summed E-state index contributed by atoms with van der Waals surface area (Å²) in [6.07, 6.45) is -0.00409. The maximum Gasteiger partial charge on any atom is 0.326 e. The lowest BCUT2D eigenvalue weighted by Crippen LogP contribution is -2.59. The normalized spacial score (nSPS) is 16.0. The third-order valence-corrected chi connectivity index (χ3v) is 5.89. The average Bonchev–Trinajstić information content (AvgIpc) is 2.79. The highest BCUT2D eigenvalue weighted by molar-refractivity contribution is 5.94. The second-order valence-electron chi connectivity index (χ2n) is 8.69. The number of aliphatic carboxylic acids is 2. The molecule has 0 saturated heterocycles. The first-order valence-corrected chi connectivity index (χ1v) is 11.6. The highest BCUT2D eigenvalue weighted by Crippen LogP contribution is 2.13. The third-order valence-electron chi connectivity index (χ3n) is 5.89. The summed E-state index contributed by atoms with van der Waals surface area (Å²) in [5, 5.41) is 25.8. The van der Waals surface area contributed by atoms with E-state index in [-0.39, 0.29) is 25.2 Å². The van der Waals surface area contributed by atoms with Gasteiger partial charge in [-0.1, -0.05) is 40.5 Å². The molecule has 0 bridgehead atoms. The number of rotatable bonds is 17. The topological polar surface area (TPSA) is 231 Å². The Morgan fingerprint density at radius 3 is 1.71 bits per heavy atom. The number of primary amides is 1. The monoisotopic (exact) mass is 501 g/mol. The number of nitrogens with one attached hydrogen (secondary N) is 3. The van der Waals surface area contributed by atoms with E-state index in [2.05, 4.69) is 16.0 Å². The van der Waals surface area contributed by atoms with Crippen molar-refractivity contribution < 1.29 is 39.0 Å². The van der Waals surface area contributed by atoms with Gasteiger partial charge in [0.2, 0.25) is 23.6 Å². The lowest BCUT2D eigenvalue weighted by molar-refractivity contribution is -0.144. The molecule has 0 aromatic heterocycles. The van der Waals surface area contributed by atoms with Gasteiger partial charge < -0.3 is 37.6 Å². The predicted molar refractivity (Wildman–Crippen MR) is 126 cm³/mol. The maximum absolute atomic E-state index is 13.0. The first-order valence-electron chi connectivity index (χ1n) is 11.6. The van der Waals surface area contributed by atoms with Crippen molar-refractivity contribution in [1.82, 2.24) is 16.0 Å². The molecule has 0 aliphatic rings. The number of carbonyl (C=O) groups excluding carboxylic acids is 4. The van der Waals surface area contributed by atoms with Crippen LogP contribution >= 0.6 is 0 Å². The van der Waals surface area contributed by atoms with Gasteiger partial charge in [0, 0.05) is 12.8 Å². The molecule has 13 nitrogen and oxygen atoms in total. The Hall–Kier alpha value is -3.22. The number of nitrogens with two attached hydrogens (primary N) is 2. The fraction of sp³-hybridized carbons (Fsp3) is 0.727. The molecule has 9 N–H and O–H groups in total. The average molecular weight is 502 g/mol. The summed E-state index contributed by atoms with van der Waals surface area (Å²) in [5.74, 6) is -6.16. The molecular weight excluding hydrogens is 462 g/mol. The summed E-state index contributed by atoms with van der Waals surface area (Å²) in [4.78, 5) is 71.9. The van der Waals surface area contributed by atoms with Crippen molar-refractivity contribution in [1.29, 1.82) is 0 Å². The van der Waals surface area contributed by atoms with Crippen LogP contribution in [-0.4, -0.2) is 69.9 Å². The van der Waals surface area contributed by atoms with Gasteiger partial charge in [-0.2, -0.15) is 0 Å². The molecule has 0 radical (unpaired) electrons. The Bertz CT molecular complexity index is 775. The number of hydrogen-bond acceptors (Lipinski definition) is 7. The summed E-state index contributed by atoms with van der Waals surface area (Å²) >= 11 is 0. The van der Waals surface area contributed by atoms with Crippen LogP contribution in [-0.2, 0) is 28.8 Å². The molecular formula is C22H39N5O8. The Morgan fingerprint density at radius 2 is 1.26 bits per heavy atom. The molecule has 13 heteroatoms. The fourth-order valence-corrected chi connectivity index (χ4v) is 3.13. The van der Waals surface area contributed by atoms with Crippen LogP contribution in [0.4, 0.5) is 0 Å². The standard InChI is InChI=1S/C22H39N5O8/c1-5-11(3)17(21(33)27-18(22(34)35)12(4)6-2)26-20(32)14(8-10-16(29)30)25-19(31)13(23)7-9-15(24)28/h11-14,17-18H,5-10,23H2,1-4H3,(H2,24,28)(H,25,31)(H,26,32)(H,27,33)(H,29,30)(H,34,35). The van der Waals surface area contributed by atoms with Gasteiger partial charge in [-0.05, 0) is 24.7 Å². The highest BCUT2D eigenvalue weighted by atomic mass is 16.4. The summed E-state index contributed by atoms with van der Waals surface area (Å²) in [6, 6.07) is -4.79. The summed E-state index contributed by atoms with van der Waals surface area (Å²) in [7, 11) is 0. The first kappa shape index (κ1) is 31.8. The molecule has 4 amide bonds. The minimum absolute atomic E-state index is 0.0709. The van der Waals surface area contributed by atoms with Crippen molar-refractivity contribution in [3.05, 3.63) is 0 Å². The largest absolute Gasteiger partial charge is 0.481 e. The molecule has 0 spiro atoms. The molecule has 0 heterocycles. The predicted octanol–water partition coefficient (Wildman–Crippen LogP) is -0.925. The van der Waals surface area contributed by atoms with Crippen LogP contribution in [0, 0.1) is 11.8 Å². The van der Waals surface area contributed by atoms with Gasteiger partial charge in [0.1, 0.15) is 18.1 Å². The zero-order chi connectivity index (χ0) is 27.3. The van der Waals surface area contributed by atoms with Crippen molar-refractivity contribution >= 4 is 35.6 Å². The zero-order valence-corrected chi connectivity index (χ0v) is 20.7. The van der Waals surface area contributed by atoms with Gasteiger partial charge in [-0.15, -0.1) is 0 Å². The van der Waals surface area contributed by atoms with Crippen molar-refractivity contribution in [3.63, 3.8) is 0 Å². The molecule has 200 valence electrons. The van der Waals surface area contributed by atoms with Crippen LogP contribution in [0.15, 0.2) is 0 Å². The molecule has 0 aromatic rings. The van der Waals surface area contributed by atoms with E-state index in [0.717, 1.165) is 0 Å². The zero-order valence-electron chi connectivity index (χ0n) is 20.7. The van der Waals surface area contributed by atoms with E-state index in [9.17, 15) is 33.9 Å². The quantitative estimate of drug-likeness (QED) is 0.130. The Labute approximate surface area is 204 Å². The van der Waals surface area contributed by atoms with E-state index in [0.29, 0.717) is 12.8 Å². The van der Waals surface area contributed by atoms with E-state index in [1.165, 1.54) is 0 Å². The summed E-state index contributed by atoms with van der Waals surface area (Å²) in [5.41, 5.74) is 10.8. The molecule has 6 unspecified atom stereocenters. The molecule has 0 fully saturated rings. The maximum atomic E-state index is 13.0. The van der Waals surface area contributed by atoms with Crippen LogP contribution in [0.5, 0.6) is 0 Å². The SMILES string of the molecule is CCC(C)C(NC(=O)C(NC(=O)C(CCC(=O)O)NC(=O)C(N)CCC(N)=O)C(C)CC)C(=O)O. The minimum atomic E-state index is -1.33. The number of carboxylic acids is 2. The summed E-state index contributed by atoms with van der Waals surface area (Å²) < 4.78 is 0. The lowest BCUT2D eigenvalue weighted by atomic mass is 9.95. The van der Waals surface area contributed by atoms with Crippen LogP contribution < -0.4 is 27.4 Å². The summed E-state index contributed by atoms with van der Waals surface area (Å²) in [6.45, 7) is 6.93. The van der Waals surface area contributed by atoms with Gasteiger partial charge in [-0.3, -0.25) is 24.0 Å². The number of amides is 4. The molecule has 6 atom stereocenters. The smallest absolute Gasteiger partial charge is 0.326 e. The van der Waals surface area contributed by atoms with Crippen molar-refractivity contribution in [2.45, 2.75) is 90.4 Å². The second-order valence-corrected chi connectivity index (χ2v) is 8.69. The van der Waals surface area contributed by atoms with Crippen LogP contribution in [0.2, 0.25) is 0 Å². The van der Waals surface area contributed by atoms with Crippen LogP contribution in [0.25, 0.3) is 0 Å². The van der Waals surface area contributed by atoms with Crippen molar-refractivity contribution in [2.75, 3.05) is 0 Å². The molecule has 0 aliphatic carbocycles. The van der Waals surface area contributed by atoms with E-state index in [1.807, 2.05) is 0 Å². The highest BCUT2D eigenvalue weighted by Gasteiger charge is 2.34. The number of carboxylic acid groups (broad SMARTS) is 2. The molecule has 0 rings (SSSR count). The van der Waals surface area contributed by atoms with Crippen molar-refractivity contribution in [2.24, 2.45) is 23.3 Å². The van der Waals surface area contributed by atoms with E-state index in [1.54, 1.807) is 27.7 Å². The molecule has 0 aliphatic heterocycles. The van der Waals surface area contributed by atoms with Gasteiger partial charge in [0.05, 0.1) is 6.04 Å². The molecule has 0 aromatic carbocycles. The second kappa shape index (κ2) is 15.6. The van der Waals surface area contributed by atoms with Gasteiger partial charge >= 0.3 is 11.9 Å². The number of carbonyl (C=O) groups is 6. The van der Waals surface area contributed by atoms with Gasteiger partial charge in [-0.25, -0.2) is 4.79 Å². The molecule has 35 heavy (non-hydrogen) atoms. The van der Waals surface area contributed by atoms with Gasteiger partial charge in [0.25, 0.3) is 0 Å². The Balaban J connectivity index is 5.64. The van der Waals surface area contributed by atoms with Crippen LogP contribution in [0.3, 0.4) is 0 Å². The van der Waals surface area contributed by atoms with Gasteiger partial charge in [0.15, 0.2) is 0 Å². The number of hydrogen-bond donors (Lipinski definition) is 7. The van der Waals surface area contributed by atoms with E-state index in [4.69, 9.17) is 16.6 Å². The fourth-order valence-electron chi connectivity index (χ4n) is 3.13. The third kappa shape index (κ3) is 11.7. The van der Waals surface area contributed by atoms with E-state index >= 15 is 0 Å².